The molecule has 0 saturated heterocycles. The van der Waals surface area contributed by atoms with Crippen molar-refractivity contribution in [1.29, 1.82) is 0 Å². The number of rotatable bonds is 12. The Kier molecular flexibility index (Phi) is 9.01. The molecule has 0 saturated carbocycles. The molecule has 0 aliphatic carbocycles. The van der Waals surface area contributed by atoms with Crippen molar-refractivity contribution in [3.8, 4) is 11.5 Å². The van der Waals surface area contributed by atoms with Gasteiger partial charge in [-0.05, 0) is 74.2 Å². The third kappa shape index (κ3) is 6.60. The molecule has 1 aromatic heterocycles. The number of methoxy groups -OCH3 is 1. The summed E-state index contributed by atoms with van der Waals surface area (Å²) in [6, 6.07) is 21.2. The third-order valence-electron chi connectivity index (χ3n) is 6.15. The largest absolute Gasteiger partial charge is 0.493 e. The highest BCUT2D eigenvalue weighted by atomic mass is 79.9. The fraction of sp³-hybridized carbons (Fsp3) is 0.267. The van der Waals surface area contributed by atoms with Crippen LogP contribution in [0.15, 0.2) is 83.9 Å². The number of hydrogen-bond acceptors (Lipinski definition) is 4. The van der Waals surface area contributed by atoms with Gasteiger partial charge >= 0.3 is 0 Å². The van der Waals surface area contributed by atoms with E-state index < -0.39 is 0 Å². The average molecular weight is 563 g/mol. The van der Waals surface area contributed by atoms with E-state index in [4.69, 9.17) is 14.5 Å². The van der Waals surface area contributed by atoms with Crippen LogP contribution < -0.4 is 14.8 Å². The van der Waals surface area contributed by atoms with Crippen LogP contribution in [0.3, 0.4) is 0 Å². The monoisotopic (exact) mass is 561 g/mol. The molecule has 1 heterocycles. The molecule has 4 aromatic rings. The normalized spacial score (nSPS) is 11.8. The van der Waals surface area contributed by atoms with Crippen molar-refractivity contribution in [3.63, 3.8) is 0 Å². The number of para-hydroxylation sites is 2. The fourth-order valence-electron chi connectivity index (χ4n) is 4.31. The van der Waals surface area contributed by atoms with Gasteiger partial charge in [0, 0.05) is 16.6 Å². The first-order valence-electron chi connectivity index (χ1n) is 12.4. The molecule has 0 aliphatic rings. The maximum Gasteiger partial charge on any atom is 0.251 e. The molecule has 7 heteroatoms. The number of halogens is 1. The van der Waals surface area contributed by atoms with Gasteiger partial charge in [-0.2, -0.15) is 0 Å². The van der Waals surface area contributed by atoms with E-state index in [1.165, 1.54) is 0 Å². The summed E-state index contributed by atoms with van der Waals surface area (Å²) in [5, 5.41) is 3.10. The Balaban J connectivity index is 1.40. The average Bonchev–Trinajstić information content (AvgIpc) is 3.28. The van der Waals surface area contributed by atoms with Crippen LogP contribution in [0.4, 0.5) is 0 Å². The Morgan fingerprint density at radius 3 is 2.73 bits per heavy atom. The van der Waals surface area contributed by atoms with Crippen LogP contribution in [0.25, 0.3) is 11.0 Å². The zero-order valence-corrected chi connectivity index (χ0v) is 22.8. The molecule has 0 aliphatic heterocycles. The quantitative estimate of drug-likeness (QED) is 0.151. The second kappa shape index (κ2) is 12.6. The van der Waals surface area contributed by atoms with Gasteiger partial charge in [-0.25, -0.2) is 4.98 Å². The van der Waals surface area contributed by atoms with Gasteiger partial charge in [0.25, 0.3) is 5.91 Å². The van der Waals surface area contributed by atoms with Crippen LogP contribution >= 0.6 is 15.9 Å². The Labute approximate surface area is 226 Å². The van der Waals surface area contributed by atoms with Crippen molar-refractivity contribution in [1.82, 2.24) is 14.9 Å². The molecular formula is C30H32BrN3O3. The molecule has 192 valence electrons. The van der Waals surface area contributed by atoms with E-state index in [1.54, 1.807) is 13.2 Å². The van der Waals surface area contributed by atoms with E-state index in [0.29, 0.717) is 12.2 Å². The highest BCUT2D eigenvalue weighted by molar-refractivity contribution is 9.10. The first-order chi connectivity index (χ1) is 18.0. The number of aryl methyl sites for hydroxylation is 1. The smallest absolute Gasteiger partial charge is 0.251 e. The number of nitrogens with zero attached hydrogens (tertiary/aromatic N) is 2. The SMILES string of the molecule is C=CCc1ccc(OCCCCn2c(C(C)NC(=O)c3cccc(Br)c3)nc3ccccc32)c(OC)c1. The predicted molar refractivity (Wildman–Crippen MR) is 151 cm³/mol. The zero-order valence-electron chi connectivity index (χ0n) is 21.2. The van der Waals surface area contributed by atoms with Crippen molar-refractivity contribution in [2.45, 2.75) is 38.8 Å². The minimum absolute atomic E-state index is 0.131. The summed E-state index contributed by atoms with van der Waals surface area (Å²) in [5.74, 6) is 2.18. The zero-order chi connectivity index (χ0) is 26.2. The number of unbranched alkanes of at least 4 members (excludes halogenated alkanes) is 1. The van der Waals surface area contributed by atoms with Crippen LogP contribution in [0.2, 0.25) is 0 Å². The molecule has 37 heavy (non-hydrogen) atoms. The lowest BCUT2D eigenvalue weighted by Gasteiger charge is -2.17. The topological polar surface area (TPSA) is 65.4 Å². The first-order valence-corrected chi connectivity index (χ1v) is 13.2. The number of amides is 1. The Hall–Kier alpha value is -3.58. The number of fused-ring (bicyclic) bond motifs is 1. The van der Waals surface area contributed by atoms with Crippen molar-refractivity contribution < 1.29 is 14.3 Å². The van der Waals surface area contributed by atoms with Crippen molar-refractivity contribution >= 4 is 32.9 Å². The number of carbonyl (C=O) groups is 1. The first kappa shape index (κ1) is 26.5. The van der Waals surface area contributed by atoms with Gasteiger partial charge in [-0.15, -0.1) is 6.58 Å². The lowest BCUT2D eigenvalue weighted by molar-refractivity contribution is 0.0937. The second-order valence-corrected chi connectivity index (χ2v) is 9.77. The van der Waals surface area contributed by atoms with E-state index >= 15 is 0 Å². The molecule has 6 nitrogen and oxygen atoms in total. The number of benzene rings is 3. The minimum atomic E-state index is -0.256. The standard InChI is InChI=1S/C30H32BrN3O3/c1-4-10-22-15-16-27(28(19-22)36-3)37-18-8-7-17-34-26-14-6-5-13-25(26)33-29(34)21(2)32-30(35)23-11-9-12-24(31)20-23/h4-6,9,11-16,19-21H,1,7-8,10,17-18H2,2-3H3,(H,32,35). The van der Waals surface area contributed by atoms with Gasteiger partial charge in [0.05, 0.1) is 30.8 Å². The van der Waals surface area contributed by atoms with Crippen LogP contribution in [-0.2, 0) is 13.0 Å². The van der Waals surface area contributed by atoms with Crippen LogP contribution in [-0.4, -0.2) is 29.2 Å². The Bertz CT molecular complexity index is 1380. The minimum Gasteiger partial charge on any atom is -0.493 e. The molecule has 3 aromatic carbocycles. The summed E-state index contributed by atoms with van der Waals surface area (Å²) < 4.78 is 14.6. The number of carbonyl (C=O) groups excluding carboxylic acids is 1. The number of hydrogen-bond donors (Lipinski definition) is 1. The van der Waals surface area contributed by atoms with E-state index in [0.717, 1.165) is 64.2 Å². The van der Waals surface area contributed by atoms with Crippen LogP contribution in [0, 0.1) is 0 Å². The predicted octanol–water partition coefficient (Wildman–Crippen LogP) is 6.89. The fourth-order valence-corrected chi connectivity index (χ4v) is 4.71. The molecule has 1 unspecified atom stereocenters. The number of nitrogens with one attached hydrogen (secondary N) is 1. The Morgan fingerprint density at radius 2 is 1.95 bits per heavy atom. The maximum absolute atomic E-state index is 12.9. The van der Waals surface area contributed by atoms with Gasteiger partial charge in [0.15, 0.2) is 11.5 Å². The summed E-state index contributed by atoms with van der Waals surface area (Å²) in [4.78, 5) is 17.7. The van der Waals surface area contributed by atoms with Crippen molar-refractivity contribution in [2.24, 2.45) is 0 Å². The van der Waals surface area contributed by atoms with Crippen molar-refractivity contribution in [2.75, 3.05) is 13.7 Å². The van der Waals surface area contributed by atoms with Gasteiger partial charge < -0.3 is 19.4 Å². The lowest BCUT2D eigenvalue weighted by atomic mass is 10.1. The second-order valence-electron chi connectivity index (χ2n) is 8.85. The molecule has 4 rings (SSSR count). The van der Waals surface area contributed by atoms with Crippen LogP contribution in [0.1, 0.15) is 47.6 Å². The van der Waals surface area contributed by atoms with Gasteiger partial charge in [0.1, 0.15) is 5.82 Å². The molecule has 0 bridgehead atoms. The summed E-state index contributed by atoms with van der Waals surface area (Å²) >= 11 is 3.43. The molecule has 0 spiro atoms. The Morgan fingerprint density at radius 1 is 1.11 bits per heavy atom. The highest BCUT2D eigenvalue weighted by Gasteiger charge is 2.19. The van der Waals surface area contributed by atoms with Gasteiger partial charge in [0.2, 0.25) is 0 Å². The molecule has 1 amide bonds. The molecular weight excluding hydrogens is 530 g/mol. The number of imidazole rings is 1. The summed E-state index contributed by atoms with van der Waals surface area (Å²) in [6.45, 7) is 7.11. The lowest BCUT2D eigenvalue weighted by Crippen LogP contribution is -2.28. The molecule has 0 fully saturated rings. The molecule has 1 atom stereocenters. The van der Waals surface area contributed by atoms with Crippen molar-refractivity contribution in [3.05, 3.63) is 101 Å². The van der Waals surface area contributed by atoms with Gasteiger partial charge in [-0.3, -0.25) is 4.79 Å². The number of aromatic nitrogens is 2. The van der Waals surface area contributed by atoms with Crippen LogP contribution in [0.5, 0.6) is 11.5 Å². The van der Waals surface area contributed by atoms with E-state index in [-0.39, 0.29) is 11.9 Å². The summed E-state index contributed by atoms with van der Waals surface area (Å²) in [5.41, 5.74) is 3.72. The third-order valence-corrected chi connectivity index (χ3v) is 6.64. The maximum atomic E-state index is 12.9. The number of allylic oxidation sites excluding steroid dienone is 1. The van der Waals surface area contributed by atoms with E-state index in [9.17, 15) is 4.79 Å². The summed E-state index contributed by atoms with van der Waals surface area (Å²) in [6.07, 6.45) is 4.43. The number of ether oxygens (including phenoxy) is 2. The molecule has 0 radical (unpaired) electrons. The highest BCUT2D eigenvalue weighted by Crippen LogP contribution is 2.29. The van der Waals surface area contributed by atoms with E-state index in [2.05, 4.69) is 38.5 Å². The molecule has 1 N–H and O–H groups in total. The summed E-state index contributed by atoms with van der Waals surface area (Å²) in [7, 11) is 1.65. The van der Waals surface area contributed by atoms with E-state index in [1.807, 2.05) is 67.6 Å². The van der Waals surface area contributed by atoms with Gasteiger partial charge in [-0.1, -0.05) is 46.3 Å².